The largest absolute Gasteiger partial charge is 0.496 e. The van der Waals surface area contributed by atoms with E-state index in [-0.39, 0.29) is 50.1 Å². The summed E-state index contributed by atoms with van der Waals surface area (Å²) < 4.78 is 17.3. The van der Waals surface area contributed by atoms with Crippen molar-refractivity contribution in [3.63, 3.8) is 0 Å². The second-order valence-electron chi connectivity index (χ2n) is 20.3. The lowest BCUT2D eigenvalue weighted by Gasteiger charge is -2.59. The van der Waals surface area contributed by atoms with E-state index in [0.29, 0.717) is 42.6 Å². The predicted molar refractivity (Wildman–Crippen MR) is 224 cm³/mol. The van der Waals surface area contributed by atoms with Gasteiger partial charge in [0.25, 0.3) is 0 Å². The van der Waals surface area contributed by atoms with Crippen LogP contribution in [-0.4, -0.2) is 54.2 Å². The molecule has 1 aromatic heterocycles. The van der Waals surface area contributed by atoms with Gasteiger partial charge < -0.3 is 20.5 Å². The number of aromatic nitrogens is 2. The Balaban J connectivity index is 1.34. The van der Waals surface area contributed by atoms with E-state index in [1.54, 1.807) is 20.3 Å². The number of fused-ring (bicyclic) bond motifs is 2. The van der Waals surface area contributed by atoms with Crippen LogP contribution in [0.2, 0.25) is 0 Å². The van der Waals surface area contributed by atoms with E-state index in [4.69, 9.17) is 19.8 Å². The van der Waals surface area contributed by atoms with Crippen LogP contribution in [0.4, 0.5) is 5.69 Å². The zero-order valence-corrected chi connectivity index (χ0v) is 37.0. The lowest BCUT2D eigenvalue weighted by Crippen LogP contribution is -2.53. The number of hydrogen-bond donors (Lipinski definition) is 2. The molecule has 2 aromatic carbocycles. The summed E-state index contributed by atoms with van der Waals surface area (Å²) in [7, 11) is 3.50. The maximum Gasteiger partial charge on any atom is 0.300 e. The molecule has 0 saturated heterocycles. The molecule has 1 heterocycles. The molecule has 0 radical (unpaired) electrons. The van der Waals surface area contributed by atoms with Gasteiger partial charge in [-0.15, -0.1) is 11.8 Å². The number of rotatable bonds is 17. The van der Waals surface area contributed by atoms with Crippen LogP contribution < -0.4 is 20.5 Å². The van der Waals surface area contributed by atoms with E-state index < -0.39 is 10.3 Å². The second kappa shape index (κ2) is 15.3. The number of nitrogens with zero attached hydrogens (tertiary/aromatic N) is 3. The number of carbonyl (C=O) groups is 1. The third-order valence-corrected chi connectivity index (χ3v) is 15.1. The Morgan fingerprint density at radius 2 is 1.59 bits per heavy atom. The van der Waals surface area contributed by atoms with Crippen LogP contribution in [0.3, 0.4) is 0 Å². The molecule has 1 fully saturated rings. The third kappa shape index (κ3) is 8.20. The molecule has 3 N–H and O–H groups in total. The molecular weight excluding hydrogens is 727 g/mol. The number of thioether (sulfide) groups is 1. The smallest absolute Gasteiger partial charge is 0.300 e. The van der Waals surface area contributed by atoms with E-state index in [1.165, 1.54) is 29.0 Å². The van der Waals surface area contributed by atoms with Crippen molar-refractivity contribution in [1.82, 2.24) is 15.6 Å². The van der Waals surface area contributed by atoms with Gasteiger partial charge in [-0.05, 0) is 98.8 Å². The molecule has 3 aliphatic carbocycles. The Bertz CT molecular complexity index is 1970. The van der Waals surface area contributed by atoms with Crippen molar-refractivity contribution in [2.45, 2.75) is 119 Å². The summed E-state index contributed by atoms with van der Waals surface area (Å²) in [6, 6.07) is 7.56. The molecule has 56 heavy (non-hydrogen) atoms. The van der Waals surface area contributed by atoms with Gasteiger partial charge in [0.05, 0.1) is 19.1 Å². The minimum atomic E-state index is -0.654. The van der Waals surface area contributed by atoms with Crippen molar-refractivity contribution >= 4 is 34.4 Å². The number of allylic oxidation sites excluding steroid dienone is 1. The number of benzene rings is 2. The van der Waals surface area contributed by atoms with Gasteiger partial charge in [0, 0.05) is 40.2 Å². The molecule has 3 unspecified atom stereocenters. The maximum absolute atomic E-state index is 14.0. The number of amides is 1. The quantitative estimate of drug-likeness (QED) is 0.0584. The molecule has 11 nitrogen and oxygen atoms in total. The molecule has 3 aromatic rings. The number of nitro groups is 1. The Hall–Kier alpha value is -3.64. The summed E-state index contributed by atoms with van der Waals surface area (Å²) in [5.74, 6) is 3.21. The van der Waals surface area contributed by atoms with Crippen LogP contribution in [0.25, 0.3) is 11.0 Å². The number of non-ortho nitro benzene ring substituents is 1. The van der Waals surface area contributed by atoms with E-state index in [0.717, 1.165) is 34.8 Å². The predicted octanol–water partition coefficient (Wildman–Crippen LogP) is 9.86. The topological polar surface area (TPSA) is 156 Å². The van der Waals surface area contributed by atoms with Crippen LogP contribution >= 0.6 is 11.8 Å². The van der Waals surface area contributed by atoms with Crippen LogP contribution in [0.15, 0.2) is 45.4 Å². The molecule has 6 rings (SSSR count). The van der Waals surface area contributed by atoms with Crippen molar-refractivity contribution in [1.29, 1.82) is 0 Å². The molecule has 308 valence electrons. The van der Waals surface area contributed by atoms with Gasteiger partial charge >= 0.3 is 5.69 Å². The van der Waals surface area contributed by atoms with Crippen molar-refractivity contribution in [2.75, 3.05) is 33.1 Å². The zero-order valence-electron chi connectivity index (χ0n) is 36.1. The van der Waals surface area contributed by atoms with Crippen LogP contribution in [0, 0.1) is 49.0 Å². The zero-order chi connectivity index (χ0) is 41.8. The standard InChI is InChI=1S/C44H65N5O6S/c1-39(2,24-45)23-42(7,8)44(11,12)27-18-32(53-13)35(33(19-27)54-14)28-17-26(29-20-30(28)43(29,9)10)21-46-38(50)41(5,6)22-40(3,4)25-56-34-16-15-31(49(51)52)36-37(34)48-55-47-36/h15-19,28-30H,20-25,45H2,1-14H3,(H,46,50). The summed E-state index contributed by atoms with van der Waals surface area (Å²) in [5.41, 5.74) is 8.92. The summed E-state index contributed by atoms with van der Waals surface area (Å²) in [4.78, 5) is 25.7. The first kappa shape index (κ1) is 43.5. The van der Waals surface area contributed by atoms with Gasteiger partial charge in [-0.3, -0.25) is 14.9 Å². The molecule has 12 heteroatoms. The molecule has 2 bridgehead atoms. The molecule has 0 spiro atoms. The minimum Gasteiger partial charge on any atom is -0.496 e. The van der Waals surface area contributed by atoms with Gasteiger partial charge in [-0.25, -0.2) is 4.63 Å². The monoisotopic (exact) mass is 791 g/mol. The number of ether oxygens (including phenoxy) is 2. The van der Waals surface area contributed by atoms with Crippen molar-refractivity contribution < 1.29 is 23.8 Å². The Labute approximate surface area is 337 Å². The van der Waals surface area contributed by atoms with Crippen molar-refractivity contribution in [2.24, 2.45) is 44.6 Å². The number of hydrogen-bond acceptors (Lipinski definition) is 10. The highest BCUT2D eigenvalue weighted by Gasteiger charge is 2.56. The van der Waals surface area contributed by atoms with Crippen LogP contribution in [0.5, 0.6) is 11.5 Å². The fourth-order valence-electron chi connectivity index (χ4n) is 9.75. The molecule has 1 amide bonds. The average Bonchev–Trinajstić information content (AvgIpc) is 3.61. The second-order valence-corrected chi connectivity index (χ2v) is 21.3. The van der Waals surface area contributed by atoms with Crippen LogP contribution in [-0.2, 0) is 10.2 Å². The Kier molecular flexibility index (Phi) is 11.9. The fraction of sp³-hybridized carbons (Fsp3) is 0.659. The van der Waals surface area contributed by atoms with E-state index in [1.807, 2.05) is 13.8 Å². The number of carbonyl (C=O) groups excluding carboxylic acids is 1. The molecule has 3 atom stereocenters. The first-order valence-corrected chi connectivity index (χ1v) is 20.8. The normalized spacial score (nSPS) is 20.0. The summed E-state index contributed by atoms with van der Waals surface area (Å²) >= 11 is 1.53. The van der Waals surface area contributed by atoms with E-state index in [2.05, 4.69) is 103 Å². The number of nitro benzene ring substituents is 1. The Morgan fingerprint density at radius 3 is 2.14 bits per heavy atom. The lowest BCUT2D eigenvalue weighted by atomic mass is 9.45. The number of nitrogens with two attached hydrogens (primary N) is 1. The molecule has 1 saturated carbocycles. The highest BCUT2D eigenvalue weighted by molar-refractivity contribution is 7.99. The van der Waals surface area contributed by atoms with E-state index in [9.17, 15) is 14.9 Å². The minimum absolute atomic E-state index is 0.00571. The Morgan fingerprint density at radius 1 is 0.982 bits per heavy atom. The maximum atomic E-state index is 14.0. The van der Waals surface area contributed by atoms with Gasteiger partial charge in [-0.2, -0.15) is 0 Å². The fourth-order valence-corrected chi connectivity index (χ4v) is 10.8. The highest BCUT2D eigenvalue weighted by Crippen LogP contribution is 2.65. The first-order valence-electron chi connectivity index (χ1n) is 19.8. The van der Waals surface area contributed by atoms with Gasteiger partial charge in [0.1, 0.15) is 11.5 Å². The first-order chi connectivity index (χ1) is 25.8. The summed E-state index contributed by atoms with van der Waals surface area (Å²) in [6.45, 7) is 27.8. The van der Waals surface area contributed by atoms with Gasteiger partial charge in [0.2, 0.25) is 11.4 Å². The van der Waals surface area contributed by atoms with Crippen molar-refractivity contribution in [3.8, 4) is 11.5 Å². The lowest BCUT2D eigenvalue weighted by molar-refractivity contribution is -0.383. The summed E-state index contributed by atoms with van der Waals surface area (Å²) in [5, 5.41) is 22.5. The van der Waals surface area contributed by atoms with Gasteiger partial charge in [-0.1, -0.05) is 94.7 Å². The molecule has 3 aliphatic rings. The van der Waals surface area contributed by atoms with E-state index >= 15 is 0 Å². The third-order valence-electron chi connectivity index (χ3n) is 13.5. The van der Waals surface area contributed by atoms with Gasteiger partial charge in [0.15, 0.2) is 5.52 Å². The molecule has 0 aliphatic heterocycles. The summed E-state index contributed by atoms with van der Waals surface area (Å²) in [6.07, 6.45) is 5.02. The number of methoxy groups -OCH3 is 2. The SMILES string of the molecule is COc1cc(C(C)(C)C(C)(C)CC(C)(C)CN)cc(OC)c1C1C=C(CNC(=O)C(C)(C)CC(C)(C)CSc2ccc([N+](=O)[O-])c3nonc23)C2CC1C2(C)C. The molecular formula is C44H65N5O6S. The van der Waals surface area contributed by atoms with Crippen LogP contribution in [0.1, 0.15) is 119 Å². The highest BCUT2D eigenvalue weighted by atomic mass is 32.2. The number of nitrogens with one attached hydrogen (secondary N) is 1. The average molecular weight is 792 g/mol. The van der Waals surface area contributed by atoms with Crippen molar-refractivity contribution in [3.05, 3.63) is 57.2 Å².